The maximum Gasteiger partial charge on any atom is 0.191 e. The molecule has 0 aliphatic carbocycles. The summed E-state index contributed by atoms with van der Waals surface area (Å²) in [6.07, 6.45) is 0. The van der Waals surface area contributed by atoms with Gasteiger partial charge in [-0.2, -0.15) is 0 Å². The zero-order valence-electron chi connectivity index (χ0n) is 14.6. The SMILES string of the molecule is CN=C(NCC(C)(C)c1cccc(OC)c1)NC(C)COC. The topological polar surface area (TPSA) is 54.9 Å². The normalized spacial score (nSPS) is 13.6. The molecule has 22 heavy (non-hydrogen) atoms. The van der Waals surface area contributed by atoms with Gasteiger partial charge in [-0.05, 0) is 24.6 Å². The third-order valence-electron chi connectivity index (χ3n) is 3.57. The first-order valence-corrected chi connectivity index (χ1v) is 7.53. The van der Waals surface area contributed by atoms with E-state index in [-0.39, 0.29) is 11.5 Å². The number of benzene rings is 1. The summed E-state index contributed by atoms with van der Waals surface area (Å²) in [6.45, 7) is 7.85. The summed E-state index contributed by atoms with van der Waals surface area (Å²) >= 11 is 0. The van der Waals surface area contributed by atoms with Gasteiger partial charge in [0.1, 0.15) is 5.75 Å². The van der Waals surface area contributed by atoms with Crippen molar-refractivity contribution >= 4 is 5.96 Å². The van der Waals surface area contributed by atoms with Crippen LogP contribution in [0, 0.1) is 0 Å². The van der Waals surface area contributed by atoms with Crippen LogP contribution in [0.15, 0.2) is 29.3 Å². The molecule has 0 saturated heterocycles. The number of hydrogen-bond donors (Lipinski definition) is 2. The molecule has 2 N–H and O–H groups in total. The Kier molecular flexibility index (Phi) is 7.18. The highest BCUT2D eigenvalue weighted by molar-refractivity contribution is 5.80. The van der Waals surface area contributed by atoms with Crippen molar-refractivity contribution in [3.05, 3.63) is 29.8 Å². The highest BCUT2D eigenvalue weighted by Crippen LogP contribution is 2.25. The minimum absolute atomic E-state index is 0.0450. The molecule has 5 nitrogen and oxygen atoms in total. The van der Waals surface area contributed by atoms with Crippen LogP contribution < -0.4 is 15.4 Å². The summed E-state index contributed by atoms with van der Waals surface area (Å²) in [5.41, 5.74) is 1.18. The number of nitrogens with zero attached hydrogens (tertiary/aromatic N) is 1. The summed E-state index contributed by atoms with van der Waals surface area (Å²) in [6, 6.07) is 8.37. The molecule has 1 aromatic rings. The molecule has 124 valence electrons. The van der Waals surface area contributed by atoms with Crippen molar-refractivity contribution in [3.8, 4) is 5.75 Å². The first-order valence-electron chi connectivity index (χ1n) is 7.53. The quantitative estimate of drug-likeness (QED) is 0.599. The minimum atomic E-state index is -0.0450. The average Bonchev–Trinajstić information content (AvgIpc) is 2.51. The van der Waals surface area contributed by atoms with Crippen molar-refractivity contribution < 1.29 is 9.47 Å². The van der Waals surface area contributed by atoms with Crippen LogP contribution >= 0.6 is 0 Å². The van der Waals surface area contributed by atoms with Crippen LogP contribution in [0.2, 0.25) is 0 Å². The van der Waals surface area contributed by atoms with E-state index in [1.54, 1.807) is 21.3 Å². The Morgan fingerprint density at radius 1 is 1.32 bits per heavy atom. The lowest BCUT2D eigenvalue weighted by atomic mass is 9.84. The van der Waals surface area contributed by atoms with Crippen LogP contribution in [0.4, 0.5) is 0 Å². The number of aliphatic imine (C=N–C) groups is 1. The average molecular weight is 307 g/mol. The van der Waals surface area contributed by atoms with Crippen molar-refractivity contribution in [1.82, 2.24) is 10.6 Å². The van der Waals surface area contributed by atoms with Crippen LogP contribution in [0.3, 0.4) is 0 Å². The number of ether oxygens (including phenoxy) is 2. The Morgan fingerprint density at radius 3 is 2.64 bits per heavy atom. The predicted octanol–water partition coefficient (Wildman–Crippen LogP) is 2.17. The van der Waals surface area contributed by atoms with Gasteiger partial charge in [-0.15, -0.1) is 0 Å². The van der Waals surface area contributed by atoms with Crippen molar-refractivity contribution in [3.63, 3.8) is 0 Å². The number of methoxy groups -OCH3 is 2. The Labute approximate surface area is 134 Å². The zero-order chi connectivity index (χ0) is 16.6. The van der Waals surface area contributed by atoms with Gasteiger partial charge in [0.25, 0.3) is 0 Å². The molecule has 0 radical (unpaired) electrons. The molecular weight excluding hydrogens is 278 g/mol. The molecule has 0 aliphatic rings. The fraction of sp³-hybridized carbons (Fsp3) is 0.588. The van der Waals surface area contributed by atoms with Crippen molar-refractivity contribution in [2.24, 2.45) is 4.99 Å². The molecule has 1 aromatic carbocycles. The van der Waals surface area contributed by atoms with E-state index in [4.69, 9.17) is 9.47 Å². The van der Waals surface area contributed by atoms with Crippen LogP contribution in [0.25, 0.3) is 0 Å². The largest absolute Gasteiger partial charge is 0.497 e. The first kappa shape index (κ1) is 18.3. The molecule has 1 atom stereocenters. The van der Waals surface area contributed by atoms with Crippen LogP contribution in [0.5, 0.6) is 5.75 Å². The molecule has 0 saturated carbocycles. The molecule has 0 fully saturated rings. The van der Waals surface area contributed by atoms with Gasteiger partial charge in [0, 0.05) is 32.2 Å². The second kappa shape index (κ2) is 8.63. The fourth-order valence-corrected chi connectivity index (χ4v) is 2.17. The van der Waals surface area contributed by atoms with Gasteiger partial charge in [-0.25, -0.2) is 0 Å². The lowest BCUT2D eigenvalue weighted by Gasteiger charge is -2.28. The highest BCUT2D eigenvalue weighted by atomic mass is 16.5. The van der Waals surface area contributed by atoms with Gasteiger partial charge >= 0.3 is 0 Å². The molecule has 0 bridgehead atoms. The smallest absolute Gasteiger partial charge is 0.191 e. The number of hydrogen-bond acceptors (Lipinski definition) is 3. The molecule has 1 rings (SSSR count). The van der Waals surface area contributed by atoms with E-state index in [0.29, 0.717) is 6.61 Å². The Morgan fingerprint density at radius 2 is 2.05 bits per heavy atom. The lowest BCUT2D eigenvalue weighted by Crippen LogP contribution is -2.47. The van der Waals surface area contributed by atoms with Crippen LogP contribution in [-0.2, 0) is 10.2 Å². The fourth-order valence-electron chi connectivity index (χ4n) is 2.17. The van der Waals surface area contributed by atoms with E-state index < -0.39 is 0 Å². The zero-order valence-corrected chi connectivity index (χ0v) is 14.6. The molecule has 0 aromatic heterocycles. The van der Waals surface area contributed by atoms with Crippen molar-refractivity contribution in [1.29, 1.82) is 0 Å². The first-order chi connectivity index (χ1) is 10.4. The maximum absolute atomic E-state index is 5.31. The lowest BCUT2D eigenvalue weighted by molar-refractivity contribution is 0.179. The summed E-state index contributed by atoms with van der Waals surface area (Å²) in [5, 5.41) is 6.68. The highest BCUT2D eigenvalue weighted by Gasteiger charge is 2.21. The monoisotopic (exact) mass is 307 g/mol. The predicted molar refractivity (Wildman–Crippen MR) is 91.9 cm³/mol. The number of guanidine groups is 1. The third kappa shape index (κ3) is 5.56. The number of nitrogens with one attached hydrogen (secondary N) is 2. The van der Waals surface area contributed by atoms with Crippen LogP contribution in [0.1, 0.15) is 26.3 Å². The second-order valence-electron chi connectivity index (χ2n) is 6.04. The van der Waals surface area contributed by atoms with E-state index in [0.717, 1.165) is 18.3 Å². The van der Waals surface area contributed by atoms with E-state index in [9.17, 15) is 0 Å². The third-order valence-corrected chi connectivity index (χ3v) is 3.57. The molecule has 0 heterocycles. The minimum Gasteiger partial charge on any atom is -0.497 e. The van der Waals surface area contributed by atoms with E-state index in [1.807, 2.05) is 12.1 Å². The molecular formula is C17H29N3O2. The Bertz CT molecular complexity index is 487. The second-order valence-corrected chi connectivity index (χ2v) is 6.04. The Hall–Kier alpha value is -1.75. The summed E-state index contributed by atoms with van der Waals surface area (Å²) in [7, 11) is 5.15. The summed E-state index contributed by atoms with van der Waals surface area (Å²) in [4.78, 5) is 4.25. The van der Waals surface area contributed by atoms with Gasteiger partial charge in [0.15, 0.2) is 5.96 Å². The molecule has 0 amide bonds. The molecule has 0 aliphatic heterocycles. The van der Waals surface area contributed by atoms with Gasteiger partial charge < -0.3 is 20.1 Å². The van der Waals surface area contributed by atoms with E-state index in [1.165, 1.54) is 5.56 Å². The molecule has 5 heteroatoms. The standard InChI is InChI=1S/C17H29N3O2/c1-13(11-21-5)20-16(18-4)19-12-17(2,3)14-8-7-9-15(10-14)22-6/h7-10,13H,11-12H2,1-6H3,(H2,18,19,20). The van der Waals surface area contributed by atoms with Gasteiger partial charge in [-0.3, -0.25) is 4.99 Å². The van der Waals surface area contributed by atoms with Crippen LogP contribution in [-0.4, -0.2) is 46.4 Å². The van der Waals surface area contributed by atoms with E-state index in [2.05, 4.69) is 48.5 Å². The summed E-state index contributed by atoms with van der Waals surface area (Å²) in [5.74, 6) is 1.65. The summed E-state index contributed by atoms with van der Waals surface area (Å²) < 4.78 is 10.4. The van der Waals surface area contributed by atoms with Gasteiger partial charge in [-0.1, -0.05) is 26.0 Å². The maximum atomic E-state index is 5.31. The molecule has 1 unspecified atom stereocenters. The molecule has 0 spiro atoms. The van der Waals surface area contributed by atoms with Crippen molar-refractivity contribution in [2.45, 2.75) is 32.2 Å². The van der Waals surface area contributed by atoms with Gasteiger partial charge in [0.2, 0.25) is 0 Å². The Balaban J connectivity index is 2.67. The number of rotatable bonds is 7. The van der Waals surface area contributed by atoms with Crippen molar-refractivity contribution in [2.75, 3.05) is 34.4 Å². The van der Waals surface area contributed by atoms with Gasteiger partial charge in [0.05, 0.1) is 13.7 Å². The van der Waals surface area contributed by atoms with E-state index >= 15 is 0 Å².